The van der Waals surface area contributed by atoms with E-state index < -0.39 is 0 Å². The Bertz CT molecular complexity index is 459. The lowest BCUT2D eigenvalue weighted by Crippen LogP contribution is -2.22. The maximum atomic E-state index is 12.1. The van der Waals surface area contributed by atoms with E-state index >= 15 is 0 Å². The minimum absolute atomic E-state index is 0.415. The monoisotopic (exact) mass is 416 g/mol. The standard InChI is InChI=1S/C29H52O/c1-3-5-23-7-9-24(10-8-23)11-12-25-13-15-26(16-14-25)17-18-27-19-21-28(22-20-27)29(30)6-4-2/h23-28H,3-22H2,1-2H3/t23-,24-,25-,26-,27-,28-. The highest BCUT2D eigenvalue weighted by Crippen LogP contribution is 2.40. The number of Topliss-reactive ketones (excluding diaryl/α,β-unsaturated/α-hetero) is 1. The van der Waals surface area contributed by atoms with Crippen molar-refractivity contribution in [2.24, 2.45) is 35.5 Å². The molecule has 0 aromatic heterocycles. The third-order valence-corrected chi connectivity index (χ3v) is 9.39. The summed E-state index contributed by atoms with van der Waals surface area (Å²) in [7, 11) is 0. The second kappa shape index (κ2) is 13.3. The molecule has 0 amide bonds. The summed E-state index contributed by atoms with van der Waals surface area (Å²) < 4.78 is 0. The summed E-state index contributed by atoms with van der Waals surface area (Å²) in [5.41, 5.74) is 0. The first-order valence-corrected chi connectivity index (χ1v) is 14.2. The molecule has 3 fully saturated rings. The van der Waals surface area contributed by atoms with Gasteiger partial charge in [-0.25, -0.2) is 0 Å². The molecular weight excluding hydrogens is 364 g/mol. The molecule has 0 unspecified atom stereocenters. The van der Waals surface area contributed by atoms with Crippen molar-refractivity contribution in [3.05, 3.63) is 0 Å². The van der Waals surface area contributed by atoms with Crippen LogP contribution < -0.4 is 0 Å². The molecule has 174 valence electrons. The van der Waals surface area contributed by atoms with Gasteiger partial charge in [0, 0.05) is 12.3 Å². The molecule has 0 spiro atoms. The summed E-state index contributed by atoms with van der Waals surface area (Å²) in [6.45, 7) is 4.49. The average molecular weight is 417 g/mol. The molecular formula is C29H52O. The molecule has 0 aromatic rings. The Hall–Kier alpha value is -0.330. The van der Waals surface area contributed by atoms with Crippen LogP contribution in [-0.4, -0.2) is 5.78 Å². The van der Waals surface area contributed by atoms with Crippen LogP contribution in [0.3, 0.4) is 0 Å². The van der Waals surface area contributed by atoms with Crippen LogP contribution in [0.15, 0.2) is 0 Å². The molecule has 0 aromatic carbocycles. The van der Waals surface area contributed by atoms with Crippen LogP contribution >= 0.6 is 0 Å². The van der Waals surface area contributed by atoms with Gasteiger partial charge in [-0.15, -0.1) is 0 Å². The fourth-order valence-corrected chi connectivity index (χ4v) is 7.19. The van der Waals surface area contributed by atoms with Gasteiger partial charge >= 0.3 is 0 Å². The summed E-state index contributed by atoms with van der Waals surface area (Å²) in [5.74, 6) is 6.10. The Morgan fingerprint density at radius 1 is 0.500 bits per heavy atom. The first-order chi connectivity index (χ1) is 14.7. The fourth-order valence-electron chi connectivity index (χ4n) is 7.19. The molecule has 0 N–H and O–H groups in total. The van der Waals surface area contributed by atoms with E-state index in [0.29, 0.717) is 11.7 Å². The van der Waals surface area contributed by atoms with Gasteiger partial charge in [-0.3, -0.25) is 4.79 Å². The van der Waals surface area contributed by atoms with E-state index in [4.69, 9.17) is 0 Å². The predicted molar refractivity (Wildman–Crippen MR) is 130 cm³/mol. The van der Waals surface area contributed by atoms with Crippen LogP contribution in [0.1, 0.15) is 142 Å². The Morgan fingerprint density at radius 2 is 0.833 bits per heavy atom. The van der Waals surface area contributed by atoms with Crippen molar-refractivity contribution in [3.8, 4) is 0 Å². The quantitative estimate of drug-likeness (QED) is 0.328. The van der Waals surface area contributed by atoms with Crippen molar-refractivity contribution >= 4 is 5.78 Å². The molecule has 1 heteroatoms. The largest absolute Gasteiger partial charge is 0.299 e. The van der Waals surface area contributed by atoms with Gasteiger partial charge in [0.15, 0.2) is 0 Å². The molecule has 0 saturated heterocycles. The van der Waals surface area contributed by atoms with Gasteiger partial charge in [0.1, 0.15) is 5.78 Å². The first-order valence-electron chi connectivity index (χ1n) is 14.2. The first kappa shape index (κ1) is 24.3. The molecule has 0 aliphatic heterocycles. The third kappa shape index (κ3) is 7.98. The number of rotatable bonds is 11. The number of ketones is 1. The van der Waals surface area contributed by atoms with E-state index in [1.807, 2.05) is 0 Å². The minimum Gasteiger partial charge on any atom is -0.299 e. The third-order valence-electron chi connectivity index (χ3n) is 9.39. The summed E-state index contributed by atoms with van der Waals surface area (Å²) in [4.78, 5) is 12.1. The zero-order valence-electron chi connectivity index (χ0n) is 20.5. The molecule has 30 heavy (non-hydrogen) atoms. The van der Waals surface area contributed by atoms with Crippen molar-refractivity contribution in [1.29, 1.82) is 0 Å². The van der Waals surface area contributed by atoms with Gasteiger partial charge in [-0.05, 0) is 61.7 Å². The summed E-state index contributed by atoms with van der Waals surface area (Å²) in [5, 5.41) is 0. The van der Waals surface area contributed by atoms with Gasteiger partial charge < -0.3 is 0 Å². The maximum Gasteiger partial charge on any atom is 0.135 e. The molecule has 0 atom stereocenters. The van der Waals surface area contributed by atoms with Crippen LogP contribution in [0, 0.1) is 35.5 Å². The summed E-state index contributed by atoms with van der Waals surface area (Å²) >= 11 is 0. The SMILES string of the molecule is CCCC(=O)[C@H]1CC[C@H](CC[C@H]2CC[C@H](CC[C@H]3CC[C@H](CCC)CC3)CC2)CC1. The molecule has 0 bridgehead atoms. The Balaban J connectivity index is 1.22. The van der Waals surface area contributed by atoms with E-state index in [2.05, 4.69) is 13.8 Å². The van der Waals surface area contributed by atoms with Crippen molar-refractivity contribution < 1.29 is 4.79 Å². The summed E-state index contributed by atoms with van der Waals surface area (Å²) in [6, 6.07) is 0. The lowest BCUT2D eigenvalue weighted by molar-refractivity contribution is -0.124. The topological polar surface area (TPSA) is 17.1 Å². The molecule has 1 nitrogen and oxygen atoms in total. The second-order valence-electron chi connectivity index (χ2n) is 11.7. The molecule has 3 saturated carbocycles. The van der Waals surface area contributed by atoms with Crippen molar-refractivity contribution in [2.45, 2.75) is 142 Å². The van der Waals surface area contributed by atoms with Crippen LogP contribution in [-0.2, 0) is 4.79 Å². The molecule has 3 aliphatic carbocycles. The van der Waals surface area contributed by atoms with Crippen LogP contribution in [0.4, 0.5) is 0 Å². The number of hydrogen-bond donors (Lipinski definition) is 0. The highest BCUT2D eigenvalue weighted by atomic mass is 16.1. The minimum atomic E-state index is 0.415. The average Bonchev–Trinajstić information content (AvgIpc) is 2.79. The van der Waals surface area contributed by atoms with Crippen molar-refractivity contribution in [3.63, 3.8) is 0 Å². The molecule has 0 radical (unpaired) electrons. The van der Waals surface area contributed by atoms with Gasteiger partial charge in [-0.1, -0.05) is 104 Å². The predicted octanol–water partition coefficient (Wildman–Crippen LogP) is 9.14. The molecule has 0 heterocycles. The van der Waals surface area contributed by atoms with Gasteiger partial charge in [0.25, 0.3) is 0 Å². The number of hydrogen-bond acceptors (Lipinski definition) is 1. The second-order valence-corrected chi connectivity index (χ2v) is 11.7. The highest BCUT2D eigenvalue weighted by molar-refractivity contribution is 5.80. The maximum absolute atomic E-state index is 12.1. The zero-order chi connectivity index (χ0) is 21.2. The number of carbonyl (C=O) groups is 1. The normalized spacial score (nSPS) is 35.3. The van der Waals surface area contributed by atoms with Gasteiger partial charge in [-0.2, -0.15) is 0 Å². The van der Waals surface area contributed by atoms with E-state index in [1.54, 1.807) is 0 Å². The van der Waals surface area contributed by atoms with Crippen molar-refractivity contribution in [2.75, 3.05) is 0 Å². The Labute approximate surface area is 188 Å². The number of carbonyl (C=O) groups excluding carboxylic acids is 1. The summed E-state index contributed by atoms with van der Waals surface area (Å²) in [6.07, 6.45) is 27.9. The molecule has 3 aliphatic rings. The van der Waals surface area contributed by atoms with E-state index in [-0.39, 0.29) is 0 Å². The van der Waals surface area contributed by atoms with Gasteiger partial charge in [0.05, 0.1) is 0 Å². The van der Waals surface area contributed by atoms with Crippen LogP contribution in [0.25, 0.3) is 0 Å². The highest BCUT2D eigenvalue weighted by Gasteiger charge is 2.28. The van der Waals surface area contributed by atoms with Crippen molar-refractivity contribution in [1.82, 2.24) is 0 Å². The zero-order valence-corrected chi connectivity index (χ0v) is 20.5. The van der Waals surface area contributed by atoms with E-state index in [9.17, 15) is 4.79 Å². The van der Waals surface area contributed by atoms with E-state index in [1.165, 1.54) is 116 Å². The smallest absolute Gasteiger partial charge is 0.135 e. The van der Waals surface area contributed by atoms with E-state index in [0.717, 1.165) is 42.4 Å². The Kier molecular flexibility index (Phi) is 10.8. The van der Waals surface area contributed by atoms with Crippen LogP contribution in [0.5, 0.6) is 0 Å². The lowest BCUT2D eigenvalue weighted by Gasteiger charge is -2.33. The Morgan fingerprint density at radius 3 is 1.17 bits per heavy atom. The lowest BCUT2D eigenvalue weighted by atomic mass is 9.73. The molecule has 3 rings (SSSR count). The van der Waals surface area contributed by atoms with Gasteiger partial charge in [0.2, 0.25) is 0 Å². The fraction of sp³-hybridized carbons (Fsp3) is 0.966. The van der Waals surface area contributed by atoms with Crippen LogP contribution in [0.2, 0.25) is 0 Å².